The summed E-state index contributed by atoms with van der Waals surface area (Å²) < 4.78 is 56.2. The molecule has 8 nitrogen and oxygen atoms in total. The average Bonchev–Trinajstić information content (AvgIpc) is 2.97. The topological polar surface area (TPSA) is 120 Å². The fourth-order valence-corrected chi connectivity index (χ4v) is 3.98. The van der Waals surface area contributed by atoms with Gasteiger partial charge in [0.25, 0.3) is 0 Å². The van der Waals surface area contributed by atoms with E-state index in [0.29, 0.717) is 17.1 Å². The molecule has 5 N–H and O–H groups in total. The summed E-state index contributed by atoms with van der Waals surface area (Å²) in [4.78, 5) is 31.5. The molecule has 1 atom stereocenters. The van der Waals surface area contributed by atoms with Gasteiger partial charge < -0.3 is 21.1 Å². The van der Waals surface area contributed by atoms with Crippen LogP contribution in [0.2, 0.25) is 0 Å². The van der Waals surface area contributed by atoms with Crippen LogP contribution in [0.4, 0.5) is 34.8 Å². The van der Waals surface area contributed by atoms with Crippen molar-refractivity contribution in [3.05, 3.63) is 102 Å². The van der Waals surface area contributed by atoms with Gasteiger partial charge in [0.05, 0.1) is 17.8 Å². The number of amides is 1. The Bertz CT molecular complexity index is 1620. The lowest BCUT2D eigenvalue weighted by molar-refractivity contribution is -0.361. The van der Waals surface area contributed by atoms with Crippen LogP contribution in [0.25, 0.3) is 11.1 Å². The van der Waals surface area contributed by atoms with Gasteiger partial charge in [-0.3, -0.25) is 9.59 Å². The normalized spacial score (nSPS) is 12.4. The summed E-state index contributed by atoms with van der Waals surface area (Å²) in [6.07, 6.45) is -2.88. The zero-order chi connectivity index (χ0) is 31.1. The third kappa shape index (κ3) is 8.62. The molecule has 12 heteroatoms. The predicted octanol–water partition coefficient (Wildman–Crippen LogP) is 6.25. The van der Waals surface area contributed by atoms with E-state index in [9.17, 15) is 27.2 Å². The second kappa shape index (κ2) is 13.1. The third-order valence-corrected chi connectivity index (χ3v) is 6.33. The largest absolute Gasteiger partial charge is 0.482 e. The maximum Gasteiger partial charge on any atom is 0.422 e. The number of alkyl halides is 3. The maximum atomic E-state index is 13.2. The zero-order valence-corrected chi connectivity index (χ0v) is 23.1. The van der Waals surface area contributed by atoms with Crippen LogP contribution in [0.15, 0.2) is 90.1 Å². The maximum absolute atomic E-state index is 13.2. The number of pyridine rings is 1. The van der Waals surface area contributed by atoms with Gasteiger partial charge in [-0.1, -0.05) is 24.3 Å². The number of nitrogens with zero attached hydrogens (tertiary/aromatic N) is 1. The summed E-state index contributed by atoms with van der Waals surface area (Å²) in [5.74, 6) is -1.38. The van der Waals surface area contributed by atoms with E-state index < -0.39 is 18.7 Å². The van der Waals surface area contributed by atoms with Gasteiger partial charge in [-0.05, 0) is 78.5 Å². The number of Topliss-reactive ketones (excluding diaryl/α,β-unsaturated/α-hetero) is 1. The number of nitrogens with two attached hydrogens (primary N) is 1. The fraction of sp³-hybridized carbons (Fsp3) is 0.161. The van der Waals surface area contributed by atoms with Crippen molar-refractivity contribution in [2.45, 2.75) is 25.9 Å². The molecular formula is C31H28F4N5O3+. The van der Waals surface area contributed by atoms with E-state index >= 15 is 0 Å². The van der Waals surface area contributed by atoms with Crippen molar-refractivity contribution in [1.82, 2.24) is 0 Å². The lowest BCUT2D eigenvalue weighted by Gasteiger charge is -2.14. The number of aromatic nitrogens is 1. The van der Waals surface area contributed by atoms with E-state index in [4.69, 9.17) is 10.5 Å². The minimum Gasteiger partial charge on any atom is -0.482 e. The van der Waals surface area contributed by atoms with Crippen molar-refractivity contribution in [2.75, 3.05) is 17.2 Å². The number of carbonyl (C=O) groups excluding carboxylic acids is 2. The minimum atomic E-state index is -4.57. The van der Waals surface area contributed by atoms with E-state index in [1.165, 1.54) is 37.3 Å². The molecule has 0 spiro atoms. The van der Waals surface area contributed by atoms with Gasteiger partial charge in [-0.25, -0.2) is 9.37 Å². The van der Waals surface area contributed by atoms with Crippen molar-refractivity contribution in [3.63, 3.8) is 0 Å². The molecule has 1 aromatic heterocycles. The Balaban J connectivity index is 1.41. The molecule has 43 heavy (non-hydrogen) atoms. The molecule has 1 amide bonds. The number of hydrogen-bond donors (Lipinski definition) is 3. The van der Waals surface area contributed by atoms with Crippen LogP contribution in [0.1, 0.15) is 35.7 Å². The number of hydrogen-bond acceptors (Lipinski definition) is 4. The number of benzene rings is 3. The number of rotatable bonds is 9. The number of aromatic amines is 1. The van der Waals surface area contributed by atoms with Crippen molar-refractivity contribution >= 4 is 34.8 Å². The summed E-state index contributed by atoms with van der Waals surface area (Å²) in [6.45, 7) is 1.48. The standard InChI is InChI=1S/C31H27F4N5O3/c1-18(20-3-9-24(32)10-4-20)29(42)38-25-11-5-21(6-12-25)23-8-14-28(37-16-23)40-30(36)39-26-13-7-22(19(2)41)15-27(26)43-17-31(33,34)35/h3-16,18H,17H2,1-2H3,(H,38,42)(H3,36,37,39,40)/p+1/t18-/m1/s1. The van der Waals surface area contributed by atoms with Gasteiger partial charge in [0.1, 0.15) is 11.6 Å². The summed E-state index contributed by atoms with van der Waals surface area (Å²) in [6, 6.07) is 20.4. The lowest BCUT2D eigenvalue weighted by Crippen LogP contribution is -2.24. The van der Waals surface area contributed by atoms with Gasteiger partial charge in [-0.2, -0.15) is 13.2 Å². The number of aliphatic imine (C=N–C) groups is 1. The highest BCUT2D eigenvalue weighted by Gasteiger charge is 2.29. The molecule has 0 fully saturated rings. The number of guanidine groups is 1. The number of ether oxygens (including phenoxy) is 1. The van der Waals surface area contributed by atoms with Gasteiger partial charge in [0.15, 0.2) is 12.4 Å². The summed E-state index contributed by atoms with van der Waals surface area (Å²) in [7, 11) is 0. The Kier molecular flexibility index (Phi) is 9.39. The average molecular weight is 595 g/mol. The zero-order valence-electron chi connectivity index (χ0n) is 23.1. The molecule has 4 aromatic rings. The second-order valence-electron chi connectivity index (χ2n) is 9.60. The highest BCUT2D eigenvalue weighted by Crippen LogP contribution is 2.29. The van der Waals surface area contributed by atoms with Crippen molar-refractivity contribution in [3.8, 4) is 16.9 Å². The van der Waals surface area contributed by atoms with Crippen LogP contribution in [0.3, 0.4) is 0 Å². The van der Waals surface area contributed by atoms with E-state index in [1.807, 2.05) is 12.1 Å². The van der Waals surface area contributed by atoms with E-state index in [1.54, 1.807) is 49.5 Å². The Hall–Kier alpha value is -5.26. The van der Waals surface area contributed by atoms with Crippen molar-refractivity contribution in [1.29, 1.82) is 0 Å². The van der Waals surface area contributed by atoms with Crippen LogP contribution in [0.5, 0.6) is 5.75 Å². The van der Waals surface area contributed by atoms with Crippen molar-refractivity contribution < 1.29 is 36.9 Å². The molecule has 0 saturated heterocycles. The fourth-order valence-electron chi connectivity index (χ4n) is 3.98. The highest BCUT2D eigenvalue weighted by molar-refractivity contribution is 5.98. The van der Waals surface area contributed by atoms with Crippen LogP contribution in [-0.2, 0) is 4.79 Å². The molecule has 3 aromatic carbocycles. The Labute approximate surface area is 244 Å². The van der Waals surface area contributed by atoms with Crippen LogP contribution in [0, 0.1) is 5.82 Å². The van der Waals surface area contributed by atoms with Gasteiger partial charge in [0.2, 0.25) is 5.91 Å². The Morgan fingerprint density at radius 2 is 1.63 bits per heavy atom. The summed E-state index contributed by atoms with van der Waals surface area (Å²) >= 11 is 0. The molecule has 1 heterocycles. The predicted molar refractivity (Wildman–Crippen MR) is 155 cm³/mol. The molecule has 0 radical (unpaired) electrons. The molecular weight excluding hydrogens is 566 g/mol. The first-order valence-corrected chi connectivity index (χ1v) is 13.0. The molecule has 0 unspecified atom stereocenters. The first-order chi connectivity index (χ1) is 20.4. The third-order valence-electron chi connectivity index (χ3n) is 6.33. The number of H-pyrrole nitrogens is 1. The summed E-state index contributed by atoms with van der Waals surface area (Å²) in [5.41, 5.74) is 9.22. The van der Waals surface area contributed by atoms with Crippen LogP contribution in [-0.4, -0.2) is 30.4 Å². The van der Waals surface area contributed by atoms with Gasteiger partial charge in [0, 0.05) is 22.9 Å². The first kappa shape index (κ1) is 30.7. The minimum absolute atomic E-state index is 0.103. The molecule has 0 aliphatic heterocycles. The van der Waals surface area contributed by atoms with Gasteiger partial charge >= 0.3 is 18.0 Å². The highest BCUT2D eigenvalue weighted by atomic mass is 19.4. The van der Waals surface area contributed by atoms with Crippen LogP contribution >= 0.6 is 0 Å². The van der Waals surface area contributed by atoms with Crippen LogP contribution < -0.4 is 26.1 Å². The molecule has 0 bridgehead atoms. The number of carbonyl (C=O) groups is 2. The van der Waals surface area contributed by atoms with E-state index in [2.05, 4.69) is 20.6 Å². The van der Waals surface area contributed by atoms with Crippen molar-refractivity contribution in [2.24, 2.45) is 10.7 Å². The second-order valence-corrected chi connectivity index (χ2v) is 9.60. The molecule has 0 aliphatic carbocycles. The van der Waals surface area contributed by atoms with E-state index in [-0.39, 0.29) is 40.5 Å². The Morgan fingerprint density at radius 3 is 2.23 bits per heavy atom. The number of halogens is 4. The molecule has 222 valence electrons. The van der Waals surface area contributed by atoms with E-state index in [0.717, 1.165) is 11.1 Å². The number of nitrogens with one attached hydrogen (secondary N) is 3. The number of ketones is 1. The molecule has 4 rings (SSSR count). The monoisotopic (exact) mass is 594 g/mol. The van der Waals surface area contributed by atoms with Gasteiger partial charge in [-0.15, -0.1) is 0 Å². The first-order valence-electron chi connectivity index (χ1n) is 13.0. The molecule has 0 aliphatic rings. The smallest absolute Gasteiger partial charge is 0.422 e. The Morgan fingerprint density at radius 1 is 0.953 bits per heavy atom. The quantitative estimate of drug-likeness (QED) is 0.0916. The SMILES string of the molecule is CC(=O)c1ccc(NC(N)=Nc2ccc(-c3ccc(NC(=O)[C@H](C)c4ccc(F)cc4)cc3)c[nH+]2)c(OCC(F)(F)F)c1. The number of anilines is 2. The summed E-state index contributed by atoms with van der Waals surface area (Å²) in [5, 5.41) is 5.55. The molecule has 0 saturated carbocycles. The lowest BCUT2D eigenvalue weighted by atomic mass is 10.00.